The lowest BCUT2D eigenvalue weighted by atomic mass is 9.65. The first-order valence-corrected chi connectivity index (χ1v) is 23.9. The van der Waals surface area contributed by atoms with Crippen molar-refractivity contribution in [3.05, 3.63) is 289 Å². The highest BCUT2D eigenvalue weighted by Gasteiger charge is 2.51. The summed E-state index contributed by atoms with van der Waals surface area (Å²) in [7, 11) is 0. The number of para-hydroxylation sites is 3. The lowest BCUT2D eigenvalue weighted by Crippen LogP contribution is -2.29. The molecule has 0 unspecified atom stereocenters. The summed E-state index contributed by atoms with van der Waals surface area (Å²) in [6.07, 6.45) is 0. The van der Waals surface area contributed by atoms with Gasteiger partial charge in [-0.2, -0.15) is 0 Å². The molecule has 0 bridgehead atoms. The second-order valence-electron chi connectivity index (χ2n) is 18.4. The minimum atomic E-state index is -0.671. The van der Waals surface area contributed by atoms with E-state index in [1.165, 1.54) is 99.7 Å². The lowest BCUT2D eigenvalue weighted by Gasteiger charge is -2.36. The molecule has 322 valence electrons. The monoisotopic (exact) mass is 876 g/mol. The summed E-state index contributed by atoms with van der Waals surface area (Å²) in [5.41, 5.74) is 23.7. The quantitative estimate of drug-likeness (QED) is 0.162. The van der Waals surface area contributed by atoms with Crippen LogP contribution in [0.1, 0.15) is 22.3 Å². The van der Waals surface area contributed by atoms with Crippen molar-refractivity contribution in [2.75, 3.05) is 4.90 Å². The van der Waals surface area contributed by atoms with E-state index in [1.807, 2.05) is 0 Å². The van der Waals surface area contributed by atoms with Gasteiger partial charge in [0.25, 0.3) is 0 Å². The predicted octanol–water partition coefficient (Wildman–Crippen LogP) is 17.6. The van der Waals surface area contributed by atoms with Crippen LogP contribution in [0.3, 0.4) is 0 Å². The molecule has 0 N–H and O–H groups in total. The molecule has 1 aromatic heterocycles. The van der Waals surface area contributed by atoms with Gasteiger partial charge in [-0.25, -0.2) is 0 Å². The zero-order valence-electron chi connectivity index (χ0n) is 37.8. The number of anilines is 3. The summed E-state index contributed by atoms with van der Waals surface area (Å²) in [4.78, 5) is 2.46. The third-order valence-electron chi connectivity index (χ3n) is 14.8. The first kappa shape index (κ1) is 39.2. The Morgan fingerprint density at radius 2 is 0.797 bits per heavy atom. The van der Waals surface area contributed by atoms with Gasteiger partial charge in [-0.3, -0.25) is 0 Å². The Kier molecular flexibility index (Phi) is 8.84. The van der Waals surface area contributed by atoms with E-state index >= 15 is 0 Å². The zero-order valence-corrected chi connectivity index (χ0v) is 37.8. The van der Waals surface area contributed by atoms with E-state index in [4.69, 9.17) is 0 Å². The molecule has 0 saturated heterocycles. The minimum Gasteiger partial charge on any atom is -0.310 e. The summed E-state index contributed by atoms with van der Waals surface area (Å²) >= 11 is 0. The van der Waals surface area contributed by atoms with Crippen LogP contribution in [0.15, 0.2) is 267 Å². The second kappa shape index (κ2) is 15.6. The van der Waals surface area contributed by atoms with Gasteiger partial charge in [-0.15, -0.1) is 0 Å². The summed E-state index contributed by atoms with van der Waals surface area (Å²) in [6, 6.07) is 98.9. The molecule has 0 atom stereocenters. The average Bonchev–Trinajstić information content (AvgIpc) is 3.88. The van der Waals surface area contributed by atoms with Crippen molar-refractivity contribution in [2.24, 2.45) is 0 Å². The molecule has 1 heterocycles. The summed E-state index contributed by atoms with van der Waals surface area (Å²) in [5, 5.41) is 2.49. The van der Waals surface area contributed by atoms with Gasteiger partial charge in [0.2, 0.25) is 0 Å². The Labute approximate surface area is 402 Å². The fourth-order valence-electron chi connectivity index (χ4n) is 11.9. The fourth-order valence-corrected chi connectivity index (χ4v) is 11.9. The number of rotatable bonds is 6. The van der Waals surface area contributed by atoms with Crippen LogP contribution < -0.4 is 4.90 Å². The first-order chi connectivity index (χ1) is 34.3. The highest BCUT2D eigenvalue weighted by Crippen LogP contribution is 2.64. The van der Waals surface area contributed by atoms with Gasteiger partial charge in [-0.1, -0.05) is 200 Å². The first-order valence-electron chi connectivity index (χ1n) is 23.9. The molecule has 0 saturated carbocycles. The van der Waals surface area contributed by atoms with Crippen LogP contribution in [-0.2, 0) is 5.41 Å². The van der Waals surface area contributed by atoms with Crippen LogP contribution in [0.2, 0.25) is 0 Å². The molecule has 12 aromatic rings. The smallest absolute Gasteiger partial charge is 0.0726 e. The normalized spacial score (nSPS) is 12.8. The van der Waals surface area contributed by atoms with Crippen molar-refractivity contribution < 1.29 is 0 Å². The maximum atomic E-state index is 2.53. The molecule has 14 rings (SSSR count). The number of benzene rings is 11. The van der Waals surface area contributed by atoms with E-state index in [0.717, 1.165) is 22.7 Å². The number of aromatic nitrogens is 1. The third kappa shape index (κ3) is 5.86. The van der Waals surface area contributed by atoms with E-state index < -0.39 is 5.41 Å². The van der Waals surface area contributed by atoms with E-state index in [0.29, 0.717) is 0 Å². The summed E-state index contributed by atoms with van der Waals surface area (Å²) in [6.45, 7) is 0. The molecule has 0 aliphatic heterocycles. The van der Waals surface area contributed by atoms with Crippen molar-refractivity contribution in [1.29, 1.82) is 0 Å². The molecule has 2 heteroatoms. The van der Waals surface area contributed by atoms with Crippen molar-refractivity contribution >= 4 is 38.9 Å². The van der Waals surface area contributed by atoms with Gasteiger partial charge in [0.1, 0.15) is 0 Å². The standard InChI is InChI=1S/C67H44N2/c1-4-19-45(20-5-1)46-35-39-51(40-36-46)68(49-21-6-2-7-22-49)65-34-18-32-61-66(65)57-41-37-48(47-38-42-64-58(43-47)56-29-14-17-33-63(56)69(64)50-23-8-3-9-24-50)44-62(57)67(61)59-30-15-12-27-54(59)52-25-10-11-26-53(52)55-28-13-16-31-60(55)67/h1-44H. The summed E-state index contributed by atoms with van der Waals surface area (Å²) < 4.78 is 2.40. The Bertz CT molecular complexity index is 3870. The Balaban J connectivity index is 1.06. The Morgan fingerprint density at radius 1 is 0.290 bits per heavy atom. The van der Waals surface area contributed by atoms with E-state index in [-0.39, 0.29) is 0 Å². The number of hydrogen-bond acceptors (Lipinski definition) is 1. The van der Waals surface area contributed by atoms with E-state index in [9.17, 15) is 0 Å². The summed E-state index contributed by atoms with van der Waals surface area (Å²) in [5.74, 6) is 0. The van der Waals surface area contributed by atoms with E-state index in [2.05, 4.69) is 276 Å². The Hall–Kier alpha value is -8.98. The van der Waals surface area contributed by atoms with Gasteiger partial charge >= 0.3 is 0 Å². The van der Waals surface area contributed by atoms with Crippen molar-refractivity contribution in [2.45, 2.75) is 5.41 Å². The highest BCUT2D eigenvalue weighted by atomic mass is 15.1. The van der Waals surface area contributed by atoms with Gasteiger partial charge < -0.3 is 9.47 Å². The van der Waals surface area contributed by atoms with Crippen LogP contribution in [0.4, 0.5) is 17.1 Å². The highest BCUT2D eigenvalue weighted by molar-refractivity contribution is 6.11. The molecular formula is C67H44N2. The van der Waals surface area contributed by atoms with Crippen molar-refractivity contribution in [1.82, 2.24) is 4.57 Å². The average molecular weight is 877 g/mol. The molecule has 69 heavy (non-hydrogen) atoms. The fraction of sp³-hybridized carbons (Fsp3) is 0.0149. The Morgan fingerprint density at radius 3 is 1.51 bits per heavy atom. The SMILES string of the molecule is c1ccc(-c2ccc(N(c3ccccc3)c3cccc4c3-c3ccc(-c5ccc6c(c5)c5ccccc5n6-c5ccccc5)cc3C43c4ccccc4-c4ccccc4-c4ccccc43)cc2)cc1. The molecule has 0 fully saturated rings. The maximum Gasteiger partial charge on any atom is 0.0726 e. The third-order valence-corrected chi connectivity index (χ3v) is 14.8. The van der Waals surface area contributed by atoms with Crippen LogP contribution in [0.25, 0.3) is 83.1 Å². The van der Waals surface area contributed by atoms with Gasteiger partial charge in [-0.05, 0) is 139 Å². The molecule has 0 radical (unpaired) electrons. The molecular weight excluding hydrogens is 833 g/mol. The molecule has 0 amide bonds. The molecule has 2 aliphatic rings. The minimum absolute atomic E-state index is 0.671. The maximum absolute atomic E-state index is 2.53. The zero-order chi connectivity index (χ0) is 45.5. The molecule has 2 aliphatic carbocycles. The number of fused-ring (bicyclic) bond motifs is 15. The molecule has 1 spiro atoms. The van der Waals surface area contributed by atoms with Crippen LogP contribution in [-0.4, -0.2) is 4.57 Å². The predicted molar refractivity (Wildman–Crippen MR) is 288 cm³/mol. The number of nitrogens with zero attached hydrogens (tertiary/aromatic N) is 2. The van der Waals surface area contributed by atoms with Crippen LogP contribution >= 0.6 is 0 Å². The number of hydrogen-bond donors (Lipinski definition) is 0. The van der Waals surface area contributed by atoms with Crippen molar-refractivity contribution in [3.8, 4) is 61.3 Å². The van der Waals surface area contributed by atoms with Crippen molar-refractivity contribution in [3.63, 3.8) is 0 Å². The van der Waals surface area contributed by atoms with Gasteiger partial charge in [0.15, 0.2) is 0 Å². The lowest BCUT2D eigenvalue weighted by molar-refractivity contribution is 0.775. The van der Waals surface area contributed by atoms with Crippen LogP contribution in [0.5, 0.6) is 0 Å². The molecule has 2 nitrogen and oxygen atoms in total. The van der Waals surface area contributed by atoms with Gasteiger partial charge in [0.05, 0.1) is 22.1 Å². The molecule has 11 aromatic carbocycles. The topological polar surface area (TPSA) is 8.17 Å². The largest absolute Gasteiger partial charge is 0.310 e. The van der Waals surface area contributed by atoms with Crippen LogP contribution in [0, 0.1) is 0 Å². The van der Waals surface area contributed by atoms with Gasteiger partial charge in [0, 0.05) is 33.4 Å². The second-order valence-corrected chi connectivity index (χ2v) is 18.4. The van der Waals surface area contributed by atoms with E-state index in [1.54, 1.807) is 0 Å².